The molecule has 1 heterocycles. The SMILES string of the molecule is O=C1N=NCC1O. The topological polar surface area (TPSA) is 62.0 Å². The minimum absolute atomic E-state index is 0.138. The van der Waals surface area contributed by atoms with Gasteiger partial charge in [-0.1, -0.05) is 0 Å². The van der Waals surface area contributed by atoms with E-state index in [9.17, 15) is 4.79 Å². The minimum atomic E-state index is -0.958. The molecule has 0 radical (unpaired) electrons. The minimum Gasteiger partial charge on any atom is -0.381 e. The van der Waals surface area contributed by atoms with E-state index in [1.807, 2.05) is 0 Å². The Labute approximate surface area is 39.9 Å². The molecule has 0 spiro atoms. The number of aliphatic hydroxyl groups excluding tert-OH is 1. The van der Waals surface area contributed by atoms with Gasteiger partial charge in [-0.3, -0.25) is 4.79 Å². The number of rotatable bonds is 0. The highest BCUT2D eigenvalue weighted by molar-refractivity contribution is 5.82. The number of aliphatic hydroxyl groups is 1. The Balaban J connectivity index is 2.62. The van der Waals surface area contributed by atoms with Crippen LogP contribution in [0.2, 0.25) is 0 Å². The van der Waals surface area contributed by atoms with E-state index in [4.69, 9.17) is 5.11 Å². The zero-order valence-corrected chi connectivity index (χ0v) is 3.53. The van der Waals surface area contributed by atoms with Gasteiger partial charge in [-0.15, -0.1) is 5.11 Å². The summed E-state index contributed by atoms with van der Waals surface area (Å²) in [5, 5.41) is 14.8. The molecule has 1 N–H and O–H groups in total. The van der Waals surface area contributed by atoms with Gasteiger partial charge in [0.15, 0.2) is 6.10 Å². The largest absolute Gasteiger partial charge is 0.381 e. The van der Waals surface area contributed by atoms with Crippen molar-refractivity contribution in [2.75, 3.05) is 6.54 Å². The summed E-state index contributed by atoms with van der Waals surface area (Å²) in [6.07, 6.45) is -0.958. The first-order chi connectivity index (χ1) is 3.30. The van der Waals surface area contributed by atoms with Gasteiger partial charge < -0.3 is 5.11 Å². The number of carbonyl (C=O) groups is 1. The highest BCUT2D eigenvalue weighted by Crippen LogP contribution is 1.97. The van der Waals surface area contributed by atoms with Gasteiger partial charge in [0.2, 0.25) is 0 Å². The molecule has 7 heavy (non-hydrogen) atoms. The lowest BCUT2D eigenvalue weighted by Crippen LogP contribution is -2.14. The van der Waals surface area contributed by atoms with Gasteiger partial charge in [-0.25, -0.2) is 0 Å². The fraction of sp³-hybridized carbons (Fsp3) is 0.667. The van der Waals surface area contributed by atoms with Gasteiger partial charge in [-0.2, -0.15) is 5.11 Å². The Hall–Kier alpha value is -0.770. The third-order valence-electron chi connectivity index (χ3n) is 0.709. The molecule has 1 aliphatic rings. The van der Waals surface area contributed by atoms with Crippen molar-refractivity contribution in [3.63, 3.8) is 0 Å². The van der Waals surface area contributed by atoms with Crippen molar-refractivity contribution in [1.82, 2.24) is 0 Å². The normalized spacial score (nSPS) is 29.3. The van der Waals surface area contributed by atoms with Crippen LogP contribution in [0.4, 0.5) is 0 Å². The maximum absolute atomic E-state index is 10.1. The van der Waals surface area contributed by atoms with E-state index >= 15 is 0 Å². The van der Waals surface area contributed by atoms with Crippen LogP contribution >= 0.6 is 0 Å². The van der Waals surface area contributed by atoms with Gasteiger partial charge in [0, 0.05) is 0 Å². The number of hydrogen-bond acceptors (Lipinski definition) is 3. The van der Waals surface area contributed by atoms with Crippen molar-refractivity contribution in [3.05, 3.63) is 0 Å². The molecule has 0 saturated carbocycles. The molecule has 0 aromatic rings. The molecule has 1 aliphatic heterocycles. The lowest BCUT2D eigenvalue weighted by atomic mass is 10.4. The Morgan fingerprint density at radius 1 is 1.86 bits per heavy atom. The molecule has 4 heteroatoms. The van der Waals surface area contributed by atoms with Crippen LogP contribution in [0, 0.1) is 0 Å². The summed E-state index contributed by atoms with van der Waals surface area (Å²) in [5.74, 6) is -0.528. The first-order valence-corrected chi connectivity index (χ1v) is 1.90. The second kappa shape index (κ2) is 1.38. The van der Waals surface area contributed by atoms with Crippen LogP contribution < -0.4 is 0 Å². The van der Waals surface area contributed by atoms with Crippen LogP contribution in [-0.4, -0.2) is 23.7 Å². The number of hydrogen-bond donors (Lipinski definition) is 1. The predicted octanol–water partition coefficient (Wildman–Crippen LogP) is -0.660. The Morgan fingerprint density at radius 2 is 2.57 bits per heavy atom. The molecule has 1 rings (SSSR count). The molecule has 0 aromatic carbocycles. The molecule has 0 aliphatic carbocycles. The number of azo groups is 1. The van der Waals surface area contributed by atoms with Crippen molar-refractivity contribution in [2.45, 2.75) is 6.10 Å². The molecule has 4 nitrogen and oxygen atoms in total. The predicted molar refractivity (Wildman–Crippen MR) is 20.7 cm³/mol. The standard InChI is InChI=1S/C3H4N2O2/c6-2-1-4-5-3(2)7/h2,6H,1H2. The monoisotopic (exact) mass is 100 g/mol. The molecule has 0 bridgehead atoms. The lowest BCUT2D eigenvalue weighted by molar-refractivity contribution is -0.123. The van der Waals surface area contributed by atoms with Gasteiger partial charge in [0.1, 0.15) is 0 Å². The van der Waals surface area contributed by atoms with Crippen molar-refractivity contribution in [2.24, 2.45) is 10.2 Å². The van der Waals surface area contributed by atoms with E-state index in [1.54, 1.807) is 0 Å². The molecule has 38 valence electrons. The summed E-state index contributed by atoms with van der Waals surface area (Å²) in [6, 6.07) is 0. The maximum Gasteiger partial charge on any atom is 0.294 e. The molecule has 1 amide bonds. The van der Waals surface area contributed by atoms with E-state index in [2.05, 4.69) is 10.2 Å². The molecule has 0 aromatic heterocycles. The van der Waals surface area contributed by atoms with Crippen LogP contribution in [0.25, 0.3) is 0 Å². The van der Waals surface area contributed by atoms with E-state index in [-0.39, 0.29) is 6.54 Å². The molecular formula is C3H4N2O2. The van der Waals surface area contributed by atoms with Crippen molar-refractivity contribution < 1.29 is 9.90 Å². The summed E-state index contributed by atoms with van der Waals surface area (Å²) in [5.41, 5.74) is 0. The van der Waals surface area contributed by atoms with Crippen LogP contribution in [-0.2, 0) is 4.79 Å². The highest BCUT2D eigenvalue weighted by Gasteiger charge is 2.18. The first kappa shape index (κ1) is 4.39. The Kier molecular flexibility index (Phi) is 0.867. The quantitative estimate of drug-likeness (QED) is 0.439. The van der Waals surface area contributed by atoms with Crippen molar-refractivity contribution >= 4 is 5.91 Å². The van der Waals surface area contributed by atoms with E-state index in [0.29, 0.717) is 0 Å². The van der Waals surface area contributed by atoms with Crippen LogP contribution in [0.3, 0.4) is 0 Å². The van der Waals surface area contributed by atoms with Gasteiger partial charge in [0.25, 0.3) is 5.91 Å². The van der Waals surface area contributed by atoms with Gasteiger partial charge >= 0.3 is 0 Å². The summed E-state index contributed by atoms with van der Waals surface area (Å²) in [4.78, 5) is 10.1. The molecule has 1 unspecified atom stereocenters. The second-order valence-corrected chi connectivity index (χ2v) is 1.28. The highest BCUT2D eigenvalue weighted by atomic mass is 16.3. The van der Waals surface area contributed by atoms with Crippen LogP contribution in [0.15, 0.2) is 10.2 Å². The first-order valence-electron chi connectivity index (χ1n) is 1.90. The number of carbonyl (C=O) groups excluding carboxylic acids is 1. The fourth-order valence-electron chi connectivity index (χ4n) is 0.333. The maximum atomic E-state index is 10.1. The fourth-order valence-corrected chi connectivity index (χ4v) is 0.333. The summed E-state index contributed by atoms with van der Waals surface area (Å²) in [7, 11) is 0. The second-order valence-electron chi connectivity index (χ2n) is 1.28. The van der Waals surface area contributed by atoms with E-state index in [0.717, 1.165) is 0 Å². The molecule has 1 atom stereocenters. The average molecular weight is 100 g/mol. The summed E-state index contributed by atoms with van der Waals surface area (Å²) in [6.45, 7) is 0.138. The number of nitrogens with zero attached hydrogens (tertiary/aromatic N) is 2. The van der Waals surface area contributed by atoms with Gasteiger partial charge in [-0.05, 0) is 0 Å². The van der Waals surface area contributed by atoms with Crippen molar-refractivity contribution in [3.8, 4) is 0 Å². The van der Waals surface area contributed by atoms with E-state index < -0.39 is 12.0 Å². The summed E-state index contributed by atoms with van der Waals surface area (Å²) < 4.78 is 0. The van der Waals surface area contributed by atoms with Crippen LogP contribution in [0.1, 0.15) is 0 Å². The Bertz CT molecular complexity index is 120. The average Bonchev–Trinajstić information content (AvgIpc) is 1.91. The smallest absolute Gasteiger partial charge is 0.294 e. The van der Waals surface area contributed by atoms with Gasteiger partial charge in [0.05, 0.1) is 6.54 Å². The Morgan fingerprint density at radius 3 is 2.71 bits per heavy atom. The van der Waals surface area contributed by atoms with E-state index in [1.165, 1.54) is 0 Å². The third kappa shape index (κ3) is 0.640. The molecular weight excluding hydrogens is 96.0 g/mol. The molecule has 0 fully saturated rings. The number of amides is 1. The summed E-state index contributed by atoms with van der Waals surface area (Å²) >= 11 is 0. The zero-order chi connectivity index (χ0) is 5.28. The lowest BCUT2D eigenvalue weighted by Gasteiger charge is -1.86. The zero-order valence-electron chi connectivity index (χ0n) is 3.53. The van der Waals surface area contributed by atoms with Crippen LogP contribution in [0.5, 0.6) is 0 Å². The third-order valence-corrected chi connectivity index (χ3v) is 0.709. The van der Waals surface area contributed by atoms with Crippen molar-refractivity contribution in [1.29, 1.82) is 0 Å². The molecule has 0 saturated heterocycles.